The number of piperazine rings is 1. The lowest BCUT2D eigenvalue weighted by atomic mass is 10.0. The first kappa shape index (κ1) is 25.6. The molecule has 6 rings (SSSR count). The number of likely N-dealkylation sites (tertiary alicyclic amines) is 1. The third kappa shape index (κ3) is 4.93. The van der Waals surface area contributed by atoms with Crippen molar-refractivity contribution in [2.24, 2.45) is 11.8 Å². The summed E-state index contributed by atoms with van der Waals surface area (Å²) < 4.78 is 2.12. The molecule has 0 unspecified atom stereocenters. The molecule has 5 heterocycles. The van der Waals surface area contributed by atoms with Gasteiger partial charge in [0.05, 0.1) is 6.33 Å². The van der Waals surface area contributed by atoms with E-state index in [0.29, 0.717) is 23.6 Å². The maximum absolute atomic E-state index is 12.1. The molecule has 2 aromatic heterocycles. The van der Waals surface area contributed by atoms with Gasteiger partial charge in [0, 0.05) is 81.1 Å². The van der Waals surface area contributed by atoms with E-state index in [0.717, 1.165) is 69.2 Å². The summed E-state index contributed by atoms with van der Waals surface area (Å²) in [6, 6.07) is 8.60. The van der Waals surface area contributed by atoms with Gasteiger partial charge in [0.2, 0.25) is 11.9 Å². The molecule has 0 saturated carbocycles. The molecule has 206 valence electrons. The van der Waals surface area contributed by atoms with Gasteiger partial charge in [0.1, 0.15) is 0 Å². The van der Waals surface area contributed by atoms with Gasteiger partial charge >= 0.3 is 0 Å². The van der Waals surface area contributed by atoms with Gasteiger partial charge in [-0.2, -0.15) is 9.97 Å². The number of imidazole rings is 1. The lowest BCUT2D eigenvalue weighted by Crippen LogP contribution is -2.44. The van der Waals surface area contributed by atoms with Gasteiger partial charge in [0.15, 0.2) is 17.0 Å². The van der Waals surface area contributed by atoms with Crippen LogP contribution in [0.5, 0.6) is 0 Å². The Kier molecular flexibility index (Phi) is 6.45. The normalized spacial score (nSPS) is 22.0. The Morgan fingerprint density at radius 2 is 1.64 bits per heavy atom. The summed E-state index contributed by atoms with van der Waals surface area (Å²) in [7, 11) is 2.18. The van der Waals surface area contributed by atoms with Gasteiger partial charge in [-0.05, 0) is 58.2 Å². The monoisotopic (exact) mass is 529 g/mol. The van der Waals surface area contributed by atoms with Crippen molar-refractivity contribution in [3.05, 3.63) is 43.2 Å². The smallest absolute Gasteiger partial charge is 0.245 e. The largest absolute Gasteiger partial charge is 0.369 e. The van der Waals surface area contributed by atoms with Gasteiger partial charge in [-0.1, -0.05) is 6.58 Å². The van der Waals surface area contributed by atoms with Crippen molar-refractivity contribution in [2.45, 2.75) is 26.3 Å². The van der Waals surface area contributed by atoms with Crippen LogP contribution in [0.1, 0.15) is 20.8 Å². The zero-order valence-corrected chi connectivity index (χ0v) is 23.5. The number of fused-ring (bicyclic) bond motifs is 2. The molecule has 3 fully saturated rings. The van der Waals surface area contributed by atoms with Crippen molar-refractivity contribution in [1.82, 2.24) is 29.3 Å². The minimum atomic E-state index is -0.172. The number of likely N-dealkylation sites (N-methyl/N-ethyl adjacent to an activating group) is 1. The summed E-state index contributed by atoms with van der Waals surface area (Å²) in [5, 5.41) is 3.55. The van der Waals surface area contributed by atoms with Crippen LogP contribution in [-0.4, -0.2) is 94.6 Å². The first-order chi connectivity index (χ1) is 18.7. The molecule has 3 saturated heterocycles. The fourth-order valence-electron chi connectivity index (χ4n) is 6.03. The molecule has 0 spiro atoms. The third-order valence-corrected chi connectivity index (χ3v) is 8.36. The summed E-state index contributed by atoms with van der Waals surface area (Å²) in [6.45, 7) is 17.6. The van der Waals surface area contributed by atoms with E-state index in [1.165, 1.54) is 11.8 Å². The van der Waals surface area contributed by atoms with E-state index < -0.39 is 0 Å². The Morgan fingerprint density at radius 1 is 0.974 bits per heavy atom. The number of rotatable bonds is 5. The average molecular weight is 530 g/mol. The Labute approximate surface area is 230 Å². The molecule has 3 aromatic rings. The quantitative estimate of drug-likeness (QED) is 0.505. The summed E-state index contributed by atoms with van der Waals surface area (Å²) in [4.78, 5) is 35.9. The van der Waals surface area contributed by atoms with E-state index in [9.17, 15) is 4.79 Å². The highest BCUT2D eigenvalue weighted by Crippen LogP contribution is 2.35. The minimum Gasteiger partial charge on any atom is -0.369 e. The summed E-state index contributed by atoms with van der Waals surface area (Å²) >= 11 is 0. The van der Waals surface area contributed by atoms with E-state index in [1.54, 1.807) is 0 Å². The second kappa shape index (κ2) is 9.82. The molecular weight excluding hydrogens is 490 g/mol. The number of nitrogens with one attached hydrogen (secondary N) is 1. The zero-order valence-electron chi connectivity index (χ0n) is 23.5. The molecule has 1 N–H and O–H groups in total. The first-order valence-corrected chi connectivity index (χ1v) is 13.9. The van der Waals surface area contributed by atoms with Crippen molar-refractivity contribution < 1.29 is 4.79 Å². The highest BCUT2D eigenvalue weighted by atomic mass is 16.2. The topological polar surface area (TPSA) is 85.7 Å². The zero-order chi connectivity index (χ0) is 27.3. The molecule has 3 aliphatic rings. The Hall–Kier alpha value is -3.66. The van der Waals surface area contributed by atoms with Crippen molar-refractivity contribution in [3.63, 3.8) is 0 Å². The van der Waals surface area contributed by atoms with Crippen molar-refractivity contribution in [3.8, 4) is 0 Å². The van der Waals surface area contributed by atoms with Gasteiger partial charge in [-0.25, -0.2) is 4.98 Å². The standard InChI is InChI=1S/C29H39N9O/c1-6-24(39)36-15-20-17-37(18-21(20)16-36)28-32-26(25-27(33-28)38(19-30-25)29(2,3)4)31-22-7-9-23(10-8-22)35-13-11-34(5)12-14-35/h6-10,19-21H,1,11-18H2,2-5H3,(H,31,32,33)/t20-,21+. The second-order valence-corrected chi connectivity index (χ2v) is 12.2. The summed E-state index contributed by atoms with van der Waals surface area (Å²) in [5.41, 5.74) is 3.63. The number of aromatic nitrogens is 4. The highest BCUT2D eigenvalue weighted by Gasteiger charge is 2.42. The predicted octanol–water partition coefficient (Wildman–Crippen LogP) is 3.16. The number of carbonyl (C=O) groups excluding carboxylic acids is 1. The van der Waals surface area contributed by atoms with Crippen LogP contribution in [0, 0.1) is 11.8 Å². The van der Waals surface area contributed by atoms with Gasteiger partial charge in [-0.3, -0.25) is 4.79 Å². The molecule has 1 aromatic carbocycles. The molecule has 3 aliphatic heterocycles. The SMILES string of the molecule is C=CC(=O)N1C[C@@H]2CN(c3nc(Nc4ccc(N5CCN(C)CC5)cc4)c4ncn(C(C)(C)C)c4n3)C[C@@H]2C1. The van der Waals surface area contributed by atoms with Gasteiger partial charge in [0.25, 0.3) is 0 Å². The molecule has 10 nitrogen and oxygen atoms in total. The lowest BCUT2D eigenvalue weighted by Gasteiger charge is -2.34. The fourth-order valence-corrected chi connectivity index (χ4v) is 6.03. The molecule has 0 aliphatic carbocycles. The van der Waals surface area contributed by atoms with Gasteiger partial charge in [-0.15, -0.1) is 0 Å². The van der Waals surface area contributed by atoms with Crippen LogP contribution in [0.15, 0.2) is 43.2 Å². The van der Waals surface area contributed by atoms with Crippen molar-refractivity contribution >= 4 is 40.2 Å². The second-order valence-electron chi connectivity index (χ2n) is 12.2. The lowest BCUT2D eigenvalue weighted by molar-refractivity contribution is -0.125. The Morgan fingerprint density at radius 3 is 2.26 bits per heavy atom. The minimum absolute atomic E-state index is 0.0211. The van der Waals surface area contributed by atoms with Crippen molar-refractivity contribution in [2.75, 3.05) is 74.5 Å². The highest BCUT2D eigenvalue weighted by molar-refractivity contribution is 5.88. The number of hydrogen-bond donors (Lipinski definition) is 1. The molecule has 0 bridgehead atoms. The van der Waals surface area contributed by atoms with Crippen LogP contribution >= 0.6 is 0 Å². The van der Waals surface area contributed by atoms with E-state index >= 15 is 0 Å². The van der Waals surface area contributed by atoms with Crippen LogP contribution in [-0.2, 0) is 10.3 Å². The van der Waals surface area contributed by atoms with Crippen LogP contribution in [0.3, 0.4) is 0 Å². The van der Waals surface area contributed by atoms with Crippen LogP contribution < -0.4 is 15.1 Å². The predicted molar refractivity (Wildman–Crippen MR) is 156 cm³/mol. The van der Waals surface area contributed by atoms with Crippen LogP contribution in [0.2, 0.25) is 0 Å². The number of hydrogen-bond acceptors (Lipinski definition) is 8. The van der Waals surface area contributed by atoms with E-state index in [-0.39, 0.29) is 11.4 Å². The van der Waals surface area contributed by atoms with Crippen LogP contribution in [0.25, 0.3) is 11.2 Å². The molecule has 1 amide bonds. The number of benzene rings is 1. The maximum atomic E-state index is 12.1. The van der Waals surface area contributed by atoms with Crippen LogP contribution in [0.4, 0.5) is 23.1 Å². The van der Waals surface area contributed by atoms with E-state index in [4.69, 9.17) is 15.0 Å². The number of nitrogens with zero attached hydrogens (tertiary/aromatic N) is 8. The molecule has 39 heavy (non-hydrogen) atoms. The Balaban J connectivity index is 1.27. The molecular formula is C29H39N9O. The maximum Gasteiger partial charge on any atom is 0.245 e. The fraction of sp³-hybridized carbons (Fsp3) is 0.517. The molecule has 0 radical (unpaired) electrons. The molecule has 2 atom stereocenters. The number of amides is 1. The third-order valence-electron chi connectivity index (χ3n) is 8.36. The van der Waals surface area contributed by atoms with E-state index in [2.05, 4.69) is 83.2 Å². The molecule has 10 heteroatoms. The summed E-state index contributed by atoms with van der Waals surface area (Å²) in [5.74, 6) is 2.28. The Bertz CT molecular complexity index is 1350. The van der Waals surface area contributed by atoms with Crippen molar-refractivity contribution in [1.29, 1.82) is 0 Å². The number of anilines is 4. The van der Waals surface area contributed by atoms with Gasteiger partial charge < -0.3 is 29.5 Å². The average Bonchev–Trinajstić information content (AvgIpc) is 3.62. The van der Waals surface area contributed by atoms with E-state index in [1.807, 2.05) is 11.2 Å². The number of carbonyl (C=O) groups is 1. The summed E-state index contributed by atoms with van der Waals surface area (Å²) in [6.07, 6.45) is 3.28. The first-order valence-electron chi connectivity index (χ1n) is 13.9.